The number of hydrogen-bond acceptors (Lipinski definition) is 4. The summed E-state index contributed by atoms with van der Waals surface area (Å²) in [6, 6.07) is 9.58. The van der Waals surface area contributed by atoms with E-state index in [2.05, 4.69) is 15.4 Å². The molecule has 1 aliphatic rings. The minimum absolute atomic E-state index is 0.101. The van der Waals surface area contributed by atoms with Crippen molar-refractivity contribution >= 4 is 23.5 Å². The number of amides is 4. The minimum Gasteiger partial charge on any atom is -0.435 e. The van der Waals surface area contributed by atoms with Gasteiger partial charge in [-0.3, -0.25) is 14.5 Å². The number of hydrogen-bond donors (Lipinski definition) is 2. The van der Waals surface area contributed by atoms with E-state index in [1.54, 1.807) is 0 Å². The van der Waals surface area contributed by atoms with E-state index in [9.17, 15) is 27.6 Å². The molecule has 10 heteroatoms. The second kappa shape index (κ2) is 7.82. The normalized spacial score (nSPS) is 18.7. The lowest BCUT2D eigenvalue weighted by Gasteiger charge is -2.22. The average molecular weight is 407 g/mol. The van der Waals surface area contributed by atoms with Crippen molar-refractivity contribution in [1.29, 1.82) is 0 Å². The van der Waals surface area contributed by atoms with Gasteiger partial charge in [0.05, 0.1) is 0 Å². The molecule has 1 heterocycles. The summed E-state index contributed by atoms with van der Waals surface area (Å²) in [6.45, 7) is -2.14. The van der Waals surface area contributed by atoms with Crippen molar-refractivity contribution < 1.29 is 32.3 Å². The third-order valence-corrected chi connectivity index (χ3v) is 4.34. The van der Waals surface area contributed by atoms with Crippen molar-refractivity contribution in [1.82, 2.24) is 10.2 Å². The first-order valence-electron chi connectivity index (χ1n) is 8.44. The highest BCUT2D eigenvalue weighted by atomic mass is 19.3. The molecule has 1 aliphatic heterocycles. The van der Waals surface area contributed by atoms with E-state index in [0.29, 0.717) is 5.56 Å². The van der Waals surface area contributed by atoms with E-state index in [1.807, 2.05) is 0 Å². The highest BCUT2D eigenvalue weighted by Crippen LogP contribution is 2.30. The van der Waals surface area contributed by atoms with E-state index >= 15 is 0 Å². The molecule has 1 saturated heterocycles. The van der Waals surface area contributed by atoms with E-state index < -0.39 is 42.4 Å². The summed E-state index contributed by atoms with van der Waals surface area (Å²) in [5, 5.41) is 4.90. The zero-order valence-electron chi connectivity index (χ0n) is 15.1. The Hall–Kier alpha value is -3.56. The molecule has 4 amide bonds. The SMILES string of the molecule is C[C@]1(c2ccc(OC(F)F)cc2)NC(=O)N(CC(=O)Nc2cccc(F)c2)C1=O. The molecule has 0 spiro atoms. The standard InChI is InChI=1S/C19H16F3N3O4/c1-19(11-5-7-14(8-6-11)29-17(21)22)16(27)25(18(28)24-19)10-15(26)23-13-4-2-3-12(20)9-13/h2-9,17H,10H2,1H3,(H,23,26)(H,24,28)/t19-/m1/s1. The summed E-state index contributed by atoms with van der Waals surface area (Å²) in [5.74, 6) is -2.04. The molecule has 152 valence electrons. The van der Waals surface area contributed by atoms with Crippen LogP contribution in [-0.2, 0) is 15.1 Å². The number of benzene rings is 2. The molecule has 2 N–H and O–H groups in total. The van der Waals surface area contributed by atoms with Crippen LogP contribution in [0.1, 0.15) is 12.5 Å². The van der Waals surface area contributed by atoms with Crippen LogP contribution in [0, 0.1) is 5.82 Å². The van der Waals surface area contributed by atoms with Gasteiger partial charge in [0.1, 0.15) is 23.7 Å². The van der Waals surface area contributed by atoms with Crippen LogP contribution in [0.2, 0.25) is 0 Å². The van der Waals surface area contributed by atoms with Gasteiger partial charge in [-0.15, -0.1) is 0 Å². The number of alkyl halides is 2. The fourth-order valence-electron chi connectivity index (χ4n) is 2.92. The van der Waals surface area contributed by atoms with Gasteiger partial charge in [-0.1, -0.05) is 18.2 Å². The molecule has 0 unspecified atom stereocenters. The molecule has 1 fully saturated rings. The third-order valence-electron chi connectivity index (χ3n) is 4.34. The first-order chi connectivity index (χ1) is 13.7. The molecule has 7 nitrogen and oxygen atoms in total. The van der Waals surface area contributed by atoms with Crippen LogP contribution < -0.4 is 15.4 Å². The number of imide groups is 1. The molecular formula is C19H16F3N3O4. The summed E-state index contributed by atoms with van der Waals surface area (Å²) in [7, 11) is 0. The molecule has 0 aromatic heterocycles. The first kappa shape index (κ1) is 20.2. The number of carbonyl (C=O) groups is 3. The van der Waals surface area contributed by atoms with Crippen molar-refractivity contribution in [2.24, 2.45) is 0 Å². The number of ether oxygens (including phenoxy) is 1. The first-order valence-corrected chi connectivity index (χ1v) is 8.44. The van der Waals surface area contributed by atoms with Gasteiger partial charge in [-0.25, -0.2) is 9.18 Å². The smallest absolute Gasteiger partial charge is 0.387 e. The Kier molecular flexibility index (Phi) is 5.44. The van der Waals surface area contributed by atoms with Crippen molar-refractivity contribution in [3.63, 3.8) is 0 Å². The lowest BCUT2D eigenvalue weighted by atomic mass is 9.92. The molecule has 3 rings (SSSR count). The predicted molar refractivity (Wildman–Crippen MR) is 95.7 cm³/mol. The molecule has 29 heavy (non-hydrogen) atoms. The topological polar surface area (TPSA) is 87.7 Å². The van der Waals surface area contributed by atoms with Crippen LogP contribution in [-0.4, -0.2) is 35.9 Å². The number of nitrogens with one attached hydrogen (secondary N) is 2. The fraction of sp³-hybridized carbons (Fsp3) is 0.211. The second-order valence-corrected chi connectivity index (χ2v) is 6.41. The maximum Gasteiger partial charge on any atom is 0.387 e. The highest BCUT2D eigenvalue weighted by Gasteiger charge is 2.49. The lowest BCUT2D eigenvalue weighted by molar-refractivity contribution is -0.133. The van der Waals surface area contributed by atoms with Crippen molar-refractivity contribution in [3.05, 3.63) is 59.9 Å². The quantitative estimate of drug-likeness (QED) is 0.721. The number of rotatable bonds is 6. The molecular weight excluding hydrogens is 391 g/mol. The summed E-state index contributed by atoms with van der Waals surface area (Å²) in [6.07, 6.45) is 0. The van der Waals surface area contributed by atoms with Gasteiger partial charge in [0.2, 0.25) is 5.91 Å². The van der Waals surface area contributed by atoms with E-state index in [0.717, 1.165) is 11.0 Å². The number of halogens is 3. The third kappa shape index (κ3) is 4.31. The molecule has 0 bridgehead atoms. The molecule has 1 atom stereocenters. The van der Waals surface area contributed by atoms with Gasteiger partial charge in [0.15, 0.2) is 0 Å². The summed E-state index contributed by atoms with van der Waals surface area (Å²) in [5.41, 5.74) is -0.982. The van der Waals surface area contributed by atoms with Crippen LogP contribution in [0.3, 0.4) is 0 Å². The molecule has 2 aromatic carbocycles. The number of anilines is 1. The van der Waals surface area contributed by atoms with E-state index in [4.69, 9.17) is 0 Å². The predicted octanol–water partition coefficient (Wildman–Crippen LogP) is 2.83. The van der Waals surface area contributed by atoms with Crippen LogP contribution >= 0.6 is 0 Å². The Bertz CT molecular complexity index is 952. The van der Waals surface area contributed by atoms with Crippen LogP contribution in [0.5, 0.6) is 5.75 Å². The van der Waals surface area contributed by atoms with E-state index in [-0.39, 0.29) is 11.4 Å². The van der Waals surface area contributed by atoms with Crippen molar-refractivity contribution in [2.75, 3.05) is 11.9 Å². The van der Waals surface area contributed by atoms with Gasteiger partial charge in [0.25, 0.3) is 5.91 Å². The van der Waals surface area contributed by atoms with Gasteiger partial charge < -0.3 is 15.4 Å². The van der Waals surface area contributed by atoms with Gasteiger partial charge in [-0.2, -0.15) is 8.78 Å². The highest BCUT2D eigenvalue weighted by molar-refractivity contribution is 6.10. The number of nitrogens with zero attached hydrogens (tertiary/aromatic N) is 1. The molecule has 0 saturated carbocycles. The Morgan fingerprint density at radius 3 is 2.52 bits per heavy atom. The Morgan fingerprint density at radius 1 is 1.21 bits per heavy atom. The van der Waals surface area contributed by atoms with Crippen molar-refractivity contribution in [2.45, 2.75) is 19.1 Å². The van der Waals surface area contributed by atoms with E-state index in [1.165, 1.54) is 49.4 Å². The number of urea groups is 1. The minimum atomic E-state index is -2.99. The zero-order chi connectivity index (χ0) is 21.2. The monoisotopic (exact) mass is 407 g/mol. The Labute approximate surface area is 163 Å². The Morgan fingerprint density at radius 2 is 1.90 bits per heavy atom. The molecule has 2 aromatic rings. The summed E-state index contributed by atoms with van der Waals surface area (Å²) < 4.78 is 42.0. The largest absolute Gasteiger partial charge is 0.435 e. The van der Waals surface area contributed by atoms with Crippen molar-refractivity contribution in [3.8, 4) is 5.75 Å². The van der Waals surface area contributed by atoms with Gasteiger partial charge in [0, 0.05) is 5.69 Å². The molecule has 0 aliphatic carbocycles. The molecule has 0 radical (unpaired) electrons. The van der Waals surface area contributed by atoms with Crippen LogP contribution in [0.4, 0.5) is 23.7 Å². The summed E-state index contributed by atoms with van der Waals surface area (Å²) in [4.78, 5) is 37.9. The maximum absolute atomic E-state index is 13.2. The zero-order valence-corrected chi connectivity index (χ0v) is 15.1. The van der Waals surface area contributed by atoms with Gasteiger partial charge in [-0.05, 0) is 42.8 Å². The fourth-order valence-corrected chi connectivity index (χ4v) is 2.92. The second-order valence-electron chi connectivity index (χ2n) is 6.41. The Balaban J connectivity index is 1.72. The lowest BCUT2D eigenvalue weighted by Crippen LogP contribution is -2.42. The number of carbonyl (C=O) groups excluding carboxylic acids is 3. The van der Waals surface area contributed by atoms with Crippen LogP contribution in [0.25, 0.3) is 0 Å². The maximum atomic E-state index is 13.2. The van der Waals surface area contributed by atoms with Crippen LogP contribution in [0.15, 0.2) is 48.5 Å². The van der Waals surface area contributed by atoms with Gasteiger partial charge >= 0.3 is 12.6 Å². The average Bonchev–Trinajstić information content (AvgIpc) is 2.86. The summed E-state index contributed by atoms with van der Waals surface area (Å²) >= 11 is 0.